The molecule has 0 aliphatic carbocycles. The molecular formula is C91H118N4Na2O13S3. The maximum atomic E-state index is 13.9. The number of esters is 2. The largest absolute Gasteiger partial charge is 1.00 e. The van der Waals surface area contributed by atoms with Crippen molar-refractivity contribution in [2.24, 2.45) is 0 Å². The van der Waals surface area contributed by atoms with Crippen LogP contribution >= 0.6 is 11.8 Å². The number of amides is 2. The van der Waals surface area contributed by atoms with E-state index in [-0.39, 0.29) is 133 Å². The number of carbonyl (C=O) groups excluding carboxylic acids is 4. The van der Waals surface area contributed by atoms with Crippen molar-refractivity contribution in [3.8, 4) is 201 Å². The zero-order valence-electron chi connectivity index (χ0n) is 69.3. The van der Waals surface area contributed by atoms with Gasteiger partial charge in [0.15, 0.2) is 0 Å². The minimum Gasteiger partial charge on any atom is -0.748 e. The third-order valence-electron chi connectivity index (χ3n) is 14.4. The van der Waals surface area contributed by atoms with E-state index >= 15 is 0 Å². The third-order valence-corrected chi connectivity index (χ3v) is 17.0. The number of unbranched alkanes of at least 4 members (excludes halogenated alkanes) is 27. The fourth-order valence-corrected chi connectivity index (χ4v) is 10.8. The Morgan fingerprint density at radius 1 is 0.363 bits per heavy atom. The van der Waals surface area contributed by atoms with E-state index in [0.29, 0.717) is 19.3 Å². The van der Waals surface area contributed by atoms with Crippen LogP contribution in [-0.2, 0) is 48.9 Å². The fourth-order valence-electron chi connectivity index (χ4n) is 8.98. The number of hydrogen-bond acceptors (Lipinski definition) is 15. The molecule has 2 amide bonds. The van der Waals surface area contributed by atoms with Crippen LogP contribution < -0.4 is 80.4 Å². The van der Waals surface area contributed by atoms with Crippen molar-refractivity contribution in [1.29, 1.82) is 0 Å². The Kier molecular flexibility index (Phi) is 102. The predicted octanol–water partition coefficient (Wildman–Crippen LogP) is 5.62. The molecule has 22 heteroatoms. The maximum absolute atomic E-state index is 13.9. The summed E-state index contributed by atoms with van der Waals surface area (Å²) in [5.41, 5.74) is 0. The molecule has 0 fully saturated rings. The molecule has 0 aromatic heterocycles. The first-order chi connectivity index (χ1) is 53.3. The normalized spacial score (nSPS) is 9.51. The van der Waals surface area contributed by atoms with E-state index in [2.05, 4.69) is 243 Å². The average Bonchev–Trinajstić information content (AvgIpc) is 0.893. The van der Waals surface area contributed by atoms with E-state index in [0.717, 1.165) is 64.2 Å². The zero-order valence-corrected chi connectivity index (χ0v) is 75.8. The molecule has 0 spiro atoms. The first-order valence-corrected chi connectivity index (χ1v) is 42.5. The number of thioether (sulfide) groups is 1. The first-order valence-electron chi connectivity index (χ1n) is 38.2. The zero-order chi connectivity index (χ0) is 82.0. The molecule has 0 radical (unpaired) electrons. The summed E-state index contributed by atoms with van der Waals surface area (Å²) < 4.78 is 78.9. The van der Waals surface area contributed by atoms with Gasteiger partial charge in [-0.2, -0.15) is 11.8 Å². The summed E-state index contributed by atoms with van der Waals surface area (Å²) in [4.78, 5) is 53.1. The van der Waals surface area contributed by atoms with Crippen molar-refractivity contribution in [2.45, 2.75) is 293 Å². The molecule has 0 aromatic rings. The van der Waals surface area contributed by atoms with Gasteiger partial charge in [-0.1, -0.05) is 230 Å². The van der Waals surface area contributed by atoms with Crippen LogP contribution in [-0.4, -0.2) is 123 Å². The topological polar surface area (TPSA) is 281 Å². The summed E-state index contributed by atoms with van der Waals surface area (Å²) in [5.74, 6) is 83.6. The van der Waals surface area contributed by atoms with Gasteiger partial charge in [0.2, 0.25) is 11.8 Å². The maximum Gasteiger partial charge on any atom is 1.00 e. The number of nitrogens with one attached hydrogen (secondary N) is 4. The summed E-state index contributed by atoms with van der Waals surface area (Å²) in [7, 11) is -9.14. The van der Waals surface area contributed by atoms with Crippen LogP contribution in [0.5, 0.6) is 0 Å². The van der Waals surface area contributed by atoms with Gasteiger partial charge in [-0.05, 0) is 227 Å². The fraction of sp³-hybridized carbons (Fsp3) is 0.582. The van der Waals surface area contributed by atoms with Gasteiger partial charge >= 0.3 is 71.1 Å². The van der Waals surface area contributed by atoms with Gasteiger partial charge in [-0.15, -0.1) is 0 Å². The second-order valence-electron chi connectivity index (χ2n) is 24.0. The Morgan fingerprint density at radius 3 is 0.938 bits per heavy atom. The molecular weight excluding hydrogens is 1500 g/mol. The second-order valence-corrected chi connectivity index (χ2v) is 28.1. The van der Waals surface area contributed by atoms with Crippen molar-refractivity contribution in [1.82, 2.24) is 21.3 Å². The molecule has 0 aliphatic heterocycles. The molecule has 0 bridgehead atoms. The molecule has 17 nitrogen and oxygen atoms in total. The van der Waals surface area contributed by atoms with Crippen molar-refractivity contribution in [3.63, 3.8) is 0 Å². The summed E-state index contributed by atoms with van der Waals surface area (Å²) >= 11 is 1.23. The number of hydrogen-bond donors (Lipinski definition) is 4. The van der Waals surface area contributed by atoms with Gasteiger partial charge in [-0.3, -0.25) is 24.5 Å². The van der Waals surface area contributed by atoms with Crippen LogP contribution in [0.1, 0.15) is 274 Å². The van der Waals surface area contributed by atoms with E-state index in [1.807, 2.05) is 0 Å². The van der Waals surface area contributed by atoms with E-state index in [1.54, 1.807) is 41.5 Å². The van der Waals surface area contributed by atoms with E-state index < -0.39 is 61.9 Å². The monoisotopic (exact) mass is 1620 g/mol. The van der Waals surface area contributed by atoms with E-state index in [9.17, 15) is 45.1 Å². The SMILES string of the molecule is CC#CC#CC#CC#CC#CC.CC#CC#CC#CC#CC#CC.CC#CC#CC#CC#CC#CC#CC#CC.CCCCCCCCCCCCCCC(=O)NC(CSCC(COC(=O)CCCCCCCCCCC)OC(=O)CCCCCCCCCCC)C(=O)NC(CNCCS(=O)(=O)[O-])NCCS(=O)(=O)[O-].O.[Na+].[Na+]. The van der Waals surface area contributed by atoms with Crippen molar-refractivity contribution < 1.29 is 119 Å². The molecule has 0 aliphatic rings. The van der Waals surface area contributed by atoms with Gasteiger partial charge < -0.3 is 40.0 Å². The Morgan fingerprint density at radius 2 is 0.637 bits per heavy atom. The van der Waals surface area contributed by atoms with Crippen LogP contribution in [0.2, 0.25) is 0 Å². The molecule has 3 atom stereocenters. The smallest absolute Gasteiger partial charge is 0.748 e. The molecule has 0 rings (SSSR count). The predicted molar refractivity (Wildman–Crippen MR) is 451 cm³/mol. The average molecular weight is 1620 g/mol. The first kappa shape index (κ1) is 119. The van der Waals surface area contributed by atoms with Gasteiger partial charge in [-0.25, -0.2) is 16.8 Å². The molecule has 600 valence electrons. The van der Waals surface area contributed by atoms with Crippen molar-refractivity contribution in [2.75, 3.05) is 49.3 Å². The molecule has 0 heterocycles. The van der Waals surface area contributed by atoms with Crippen LogP contribution in [0.3, 0.4) is 0 Å². The Balaban J connectivity index is -0.000000419. The molecule has 0 saturated heterocycles. The van der Waals surface area contributed by atoms with Crippen LogP contribution in [0.4, 0.5) is 0 Å². The molecule has 0 saturated carbocycles. The van der Waals surface area contributed by atoms with Crippen molar-refractivity contribution >= 4 is 55.8 Å². The Bertz CT molecular complexity index is 3820. The van der Waals surface area contributed by atoms with Crippen molar-refractivity contribution in [3.05, 3.63) is 0 Å². The number of carbonyl (C=O) groups is 4. The van der Waals surface area contributed by atoms with Crippen LogP contribution in [0.25, 0.3) is 0 Å². The quantitative estimate of drug-likeness (QED) is 0.0144. The molecule has 3 unspecified atom stereocenters. The van der Waals surface area contributed by atoms with Gasteiger partial charge in [0, 0.05) is 50.4 Å². The summed E-state index contributed by atoms with van der Waals surface area (Å²) in [6, 6.07) is -1.11. The summed E-state index contributed by atoms with van der Waals surface area (Å²) in [6.07, 6.45) is 32.2. The van der Waals surface area contributed by atoms with Gasteiger partial charge in [0.25, 0.3) is 0 Å². The van der Waals surface area contributed by atoms with E-state index in [1.165, 1.54) is 121 Å². The van der Waals surface area contributed by atoms with E-state index in [4.69, 9.17) is 9.47 Å². The van der Waals surface area contributed by atoms with Crippen LogP contribution in [0.15, 0.2) is 0 Å². The molecule has 0 aromatic carbocycles. The minimum absolute atomic E-state index is 0. The van der Waals surface area contributed by atoms with Crippen LogP contribution in [0, 0.1) is 201 Å². The third kappa shape index (κ3) is 107. The standard InChI is InChI=1S/C51H100N4O12S3.C16H6.2C12H6.2Na.H2O/c1-4-7-10-13-16-19-20-21-24-25-28-31-34-48(56)54-46(51(59)55-47(53-38-40-70(63,64)65)41-52-37-39-69(60,61)62)44-68-43-45(67-50(58)36-33-30-27-23-18-15-12-9-6-3)42-66-49(57)35-32-29-26-22-17-14-11-8-5-2;1-3-5-7-9-11-13-15-16-14-12-10-8-6-4-2;2*1-3-5-7-9-11-12-10-8-6-4-2;;;/h45-47,52-53H,4-44H2,1-3H3,(H,54,56)(H,55,59)(H,60,61,62)(H,63,64,65);1-2H3;2*1-2H3;;;1H2/q;;;;2*+1;/p-2. The number of ether oxygens (including phenoxy) is 2. The second kappa shape index (κ2) is 96.8. The molecule has 113 heavy (non-hydrogen) atoms. The minimum atomic E-state index is -4.61. The van der Waals surface area contributed by atoms with Gasteiger partial charge in [0.1, 0.15) is 18.8 Å². The Labute approximate surface area is 732 Å². The Hall–Kier alpha value is -7.55. The molecule has 6 N–H and O–H groups in total. The van der Waals surface area contributed by atoms with Gasteiger partial charge in [0.05, 0.1) is 37.9 Å². The summed E-state index contributed by atoms with van der Waals surface area (Å²) in [5, 5.41) is 11.0. The summed E-state index contributed by atoms with van der Waals surface area (Å²) in [6.45, 7) is 16.0. The number of rotatable bonds is 52.